The van der Waals surface area contributed by atoms with E-state index in [9.17, 15) is 0 Å². The molecule has 114 valence electrons. The second-order valence-electron chi connectivity index (χ2n) is 4.93. The summed E-state index contributed by atoms with van der Waals surface area (Å²) in [5.74, 6) is 1.58. The van der Waals surface area contributed by atoms with Crippen LogP contribution in [0.4, 0.5) is 0 Å². The monoisotopic (exact) mass is 288 g/mol. The molecule has 0 radical (unpaired) electrons. The predicted octanol–water partition coefficient (Wildman–Crippen LogP) is 3.38. The van der Waals surface area contributed by atoms with Crippen molar-refractivity contribution in [2.24, 2.45) is 5.73 Å². The largest absolute Gasteiger partial charge is 0.490 e. The highest BCUT2D eigenvalue weighted by atomic mass is 16.5. The normalized spacial score (nSPS) is 12.1. The number of nitrogens with two attached hydrogens (primary N) is 1. The van der Waals surface area contributed by atoms with Crippen molar-refractivity contribution in [2.45, 2.75) is 32.9 Å². The van der Waals surface area contributed by atoms with E-state index < -0.39 is 0 Å². The van der Waals surface area contributed by atoms with Crippen LogP contribution in [0.3, 0.4) is 0 Å². The number of rotatable bonds is 8. The number of hydrogen-bond donors (Lipinski definition) is 1. The summed E-state index contributed by atoms with van der Waals surface area (Å²) in [5, 5.41) is 0. The number of nitrogens with zero attached hydrogens (tertiary/aromatic N) is 1. The van der Waals surface area contributed by atoms with E-state index in [0.29, 0.717) is 13.2 Å². The molecule has 4 heteroatoms. The molecule has 2 aromatic rings. The van der Waals surface area contributed by atoms with Crippen molar-refractivity contribution >= 4 is 0 Å². The van der Waals surface area contributed by atoms with E-state index in [2.05, 4.69) is 23.8 Å². The van der Waals surface area contributed by atoms with Crippen LogP contribution in [-0.2, 0) is 6.54 Å². The van der Waals surface area contributed by atoms with Crippen molar-refractivity contribution in [1.29, 1.82) is 0 Å². The average molecular weight is 288 g/mol. The van der Waals surface area contributed by atoms with Gasteiger partial charge in [-0.15, -0.1) is 0 Å². The van der Waals surface area contributed by atoms with Crippen LogP contribution in [-0.4, -0.2) is 17.8 Å². The fourth-order valence-electron chi connectivity index (χ4n) is 2.16. The molecule has 1 heterocycles. The lowest BCUT2D eigenvalue weighted by Crippen LogP contribution is -2.09. The summed E-state index contributed by atoms with van der Waals surface area (Å²) in [4.78, 5) is 0. The molecule has 0 saturated heterocycles. The molecule has 21 heavy (non-hydrogen) atoms. The van der Waals surface area contributed by atoms with Gasteiger partial charge in [0.05, 0.1) is 13.2 Å². The van der Waals surface area contributed by atoms with Gasteiger partial charge in [0.2, 0.25) is 0 Å². The van der Waals surface area contributed by atoms with E-state index in [0.717, 1.165) is 24.5 Å². The summed E-state index contributed by atoms with van der Waals surface area (Å²) in [6.07, 6.45) is 5.08. The minimum atomic E-state index is 0.117. The standard InChI is InChI=1S/C17H24N2O2/c1-3-15(18)14-9-10-19(13-14)11-12-21-17-8-6-5-7-16(17)20-4-2/h5-10,13,15H,3-4,11-12,18H2,1-2H3. The maximum absolute atomic E-state index is 6.02. The Morgan fingerprint density at radius 2 is 1.81 bits per heavy atom. The van der Waals surface area contributed by atoms with Crippen molar-refractivity contribution in [1.82, 2.24) is 4.57 Å². The van der Waals surface area contributed by atoms with E-state index in [1.807, 2.05) is 37.4 Å². The molecule has 0 bridgehead atoms. The van der Waals surface area contributed by atoms with Gasteiger partial charge in [-0.2, -0.15) is 0 Å². The summed E-state index contributed by atoms with van der Waals surface area (Å²) < 4.78 is 13.5. The Morgan fingerprint density at radius 3 is 2.48 bits per heavy atom. The molecule has 1 aromatic heterocycles. The zero-order chi connectivity index (χ0) is 15.1. The van der Waals surface area contributed by atoms with E-state index in [-0.39, 0.29) is 6.04 Å². The Bertz CT molecular complexity index is 551. The fraction of sp³-hybridized carbons (Fsp3) is 0.412. The maximum Gasteiger partial charge on any atom is 0.161 e. The predicted molar refractivity (Wildman–Crippen MR) is 84.8 cm³/mol. The van der Waals surface area contributed by atoms with Gasteiger partial charge in [-0.3, -0.25) is 0 Å². The van der Waals surface area contributed by atoms with E-state index in [4.69, 9.17) is 15.2 Å². The summed E-state index contributed by atoms with van der Waals surface area (Å²) in [6, 6.07) is 9.94. The lowest BCUT2D eigenvalue weighted by molar-refractivity contribution is 0.266. The van der Waals surface area contributed by atoms with E-state index >= 15 is 0 Å². The fourth-order valence-corrected chi connectivity index (χ4v) is 2.16. The second-order valence-corrected chi connectivity index (χ2v) is 4.93. The third kappa shape index (κ3) is 4.26. The first-order valence-corrected chi connectivity index (χ1v) is 7.50. The molecule has 2 N–H and O–H groups in total. The molecular weight excluding hydrogens is 264 g/mol. The minimum absolute atomic E-state index is 0.117. The summed E-state index contributed by atoms with van der Waals surface area (Å²) in [6.45, 7) is 6.08. The lowest BCUT2D eigenvalue weighted by Gasteiger charge is -2.12. The van der Waals surface area contributed by atoms with Gasteiger partial charge in [0.15, 0.2) is 11.5 Å². The van der Waals surface area contributed by atoms with Gasteiger partial charge in [-0.1, -0.05) is 19.1 Å². The van der Waals surface area contributed by atoms with Crippen LogP contribution in [0.5, 0.6) is 11.5 Å². The SMILES string of the molecule is CCOc1ccccc1OCCn1ccc(C(N)CC)c1. The van der Waals surface area contributed by atoms with Crippen LogP contribution in [0, 0.1) is 0 Å². The minimum Gasteiger partial charge on any atom is -0.490 e. The Morgan fingerprint density at radius 1 is 1.10 bits per heavy atom. The molecular formula is C17H24N2O2. The van der Waals surface area contributed by atoms with Crippen LogP contribution in [0.25, 0.3) is 0 Å². The number of ether oxygens (including phenoxy) is 2. The number of aromatic nitrogens is 1. The lowest BCUT2D eigenvalue weighted by atomic mass is 10.1. The zero-order valence-corrected chi connectivity index (χ0v) is 12.8. The number of para-hydroxylation sites is 2. The average Bonchev–Trinajstić information content (AvgIpc) is 2.97. The highest BCUT2D eigenvalue weighted by Gasteiger charge is 2.06. The number of hydrogen-bond acceptors (Lipinski definition) is 3. The molecule has 0 spiro atoms. The summed E-state index contributed by atoms with van der Waals surface area (Å²) in [5.41, 5.74) is 7.19. The highest BCUT2D eigenvalue weighted by Crippen LogP contribution is 2.26. The van der Waals surface area contributed by atoms with Gasteiger partial charge in [0.25, 0.3) is 0 Å². The van der Waals surface area contributed by atoms with Gasteiger partial charge >= 0.3 is 0 Å². The molecule has 0 amide bonds. The molecule has 2 rings (SSSR count). The van der Waals surface area contributed by atoms with Crippen LogP contribution in [0.2, 0.25) is 0 Å². The first-order chi connectivity index (χ1) is 10.2. The van der Waals surface area contributed by atoms with Crippen LogP contribution >= 0.6 is 0 Å². The van der Waals surface area contributed by atoms with Crippen molar-refractivity contribution in [3.05, 3.63) is 48.3 Å². The molecule has 0 aliphatic carbocycles. The molecule has 0 aliphatic rings. The van der Waals surface area contributed by atoms with Crippen LogP contribution in [0.15, 0.2) is 42.7 Å². The van der Waals surface area contributed by atoms with Crippen molar-refractivity contribution in [3.63, 3.8) is 0 Å². The van der Waals surface area contributed by atoms with E-state index in [1.165, 1.54) is 5.56 Å². The van der Waals surface area contributed by atoms with Crippen LogP contribution < -0.4 is 15.2 Å². The molecule has 1 unspecified atom stereocenters. The molecule has 1 atom stereocenters. The Kier molecular flexibility index (Phi) is 5.69. The Hall–Kier alpha value is -1.94. The first-order valence-electron chi connectivity index (χ1n) is 7.50. The first kappa shape index (κ1) is 15.4. The Labute approximate surface area is 126 Å². The molecule has 0 fully saturated rings. The quantitative estimate of drug-likeness (QED) is 0.810. The second kappa shape index (κ2) is 7.74. The van der Waals surface area contributed by atoms with E-state index in [1.54, 1.807) is 0 Å². The smallest absolute Gasteiger partial charge is 0.161 e. The van der Waals surface area contributed by atoms with Crippen molar-refractivity contribution < 1.29 is 9.47 Å². The summed E-state index contributed by atoms with van der Waals surface area (Å²) >= 11 is 0. The van der Waals surface area contributed by atoms with Gasteiger partial charge in [0, 0.05) is 18.4 Å². The third-order valence-electron chi connectivity index (χ3n) is 3.40. The molecule has 0 aliphatic heterocycles. The van der Waals surface area contributed by atoms with Crippen molar-refractivity contribution in [3.8, 4) is 11.5 Å². The molecule has 1 aromatic carbocycles. The van der Waals surface area contributed by atoms with Crippen molar-refractivity contribution in [2.75, 3.05) is 13.2 Å². The zero-order valence-electron chi connectivity index (χ0n) is 12.8. The maximum atomic E-state index is 6.02. The topological polar surface area (TPSA) is 49.4 Å². The molecule has 0 saturated carbocycles. The summed E-state index contributed by atoms with van der Waals surface area (Å²) in [7, 11) is 0. The van der Waals surface area contributed by atoms with Gasteiger partial charge in [0.1, 0.15) is 6.61 Å². The third-order valence-corrected chi connectivity index (χ3v) is 3.40. The number of benzene rings is 1. The molecule has 4 nitrogen and oxygen atoms in total. The highest BCUT2D eigenvalue weighted by molar-refractivity contribution is 5.39. The van der Waals surface area contributed by atoms with Gasteiger partial charge in [-0.25, -0.2) is 0 Å². The Balaban J connectivity index is 1.88. The van der Waals surface area contributed by atoms with Gasteiger partial charge < -0.3 is 19.8 Å². The van der Waals surface area contributed by atoms with Gasteiger partial charge in [-0.05, 0) is 37.1 Å². The van der Waals surface area contributed by atoms with Crippen LogP contribution in [0.1, 0.15) is 31.9 Å².